The average molecular weight is 232 g/mol. The van der Waals surface area contributed by atoms with Gasteiger partial charge in [0.1, 0.15) is 0 Å². The number of nitrogens with zero attached hydrogens (tertiary/aromatic N) is 1. The Labute approximate surface area is 90.6 Å². The van der Waals surface area contributed by atoms with Crippen LogP contribution in [0.5, 0.6) is 5.88 Å². The van der Waals surface area contributed by atoms with Crippen molar-refractivity contribution in [2.75, 3.05) is 11.9 Å². The molecule has 1 N–H and O–H groups in total. The molecule has 0 unspecified atom stereocenters. The van der Waals surface area contributed by atoms with Gasteiger partial charge in [0.05, 0.1) is 5.69 Å². The summed E-state index contributed by atoms with van der Waals surface area (Å²) in [5.41, 5.74) is 0.522. The van der Waals surface area contributed by atoms with Crippen molar-refractivity contribution < 1.29 is 17.9 Å². The lowest BCUT2D eigenvalue weighted by atomic mass is 10.4. The number of hydrogen-bond donors (Lipinski definition) is 1. The van der Waals surface area contributed by atoms with Crippen LogP contribution < -0.4 is 10.1 Å². The van der Waals surface area contributed by atoms with Crippen LogP contribution in [0, 0.1) is 0 Å². The molecule has 0 saturated heterocycles. The van der Waals surface area contributed by atoms with E-state index in [4.69, 9.17) is 0 Å². The van der Waals surface area contributed by atoms with Gasteiger partial charge in [0.25, 0.3) is 0 Å². The van der Waals surface area contributed by atoms with Crippen molar-refractivity contribution in [3.63, 3.8) is 0 Å². The molecule has 1 aliphatic rings. The SMILES string of the molecule is FC(F)(F)COc1ncccc1NC1CC1. The first-order valence-corrected chi connectivity index (χ1v) is 4.96. The van der Waals surface area contributed by atoms with Crippen molar-refractivity contribution in [2.45, 2.75) is 25.1 Å². The molecule has 1 fully saturated rings. The fraction of sp³-hybridized carbons (Fsp3) is 0.500. The molecule has 88 valence electrons. The van der Waals surface area contributed by atoms with Gasteiger partial charge in [-0.2, -0.15) is 13.2 Å². The van der Waals surface area contributed by atoms with E-state index in [0.717, 1.165) is 12.8 Å². The highest BCUT2D eigenvalue weighted by molar-refractivity contribution is 5.53. The van der Waals surface area contributed by atoms with Crippen LogP contribution in [-0.2, 0) is 0 Å². The zero-order valence-electron chi connectivity index (χ0n) is 8.42. The summed E-state index contributed by atoms with van der Waals surface area (Å²) in [4.78, 5) is 3.78. The highest BCUT2D eigenvalue weighted by atomic mass is 19.4. The number of halogens is 3. The van der Waals surface area contributed by atoms with Crippen LogP contribution in [0.25, 0.3) is 0 Å². The second kappa shape index (κ2) is 4.19. The summed E-state index contributed by atoms with van der Waals surface area (Å²) in [6, 6.07) is 3.67. The smallest absolute Gasteiger partial charge is 0.422 e. The molecule has 1 aliphatic carbocycles. The Morgan fingerprint density at radius 1 is 1.44 bits per heavy atom. The molecule has 1 aromatic rings. The number of pyridine rings is 1. The third-order valence-electron chi connectivity index (χ3n) is 2.08. The minimum atomic E-state index is -4.34. The van der Waals surface area contributed by atoms with E-state index in [9.17, 15) is 13.2 Å². The Hall–Kier alpha value is -1.46. The largest absolute Gasteiger partial charge is 0.467 e. The van der Waals surface area contributed by atoms with Crippen LogP contribution >= 0.6 is 0 Å². The summed E-state index contributed by atoms with van der Waals surface area (Å²) in [6.45, 7) is -1.32. The van der Waals surface area contributed by atoms with Gasteiger partial charge in [-0.1, -0.05) is 0 Å². The van der Waals surface area contributed by atoms with Crippen molar-refractivity contribution in [1.82, 2.24) is 4.98 Å². The van der Waals surface area contributed by atoms with Gasteiger partial charge < -0.3 is 10.1 Å². The number of nitrogens with one attached hydrogen (secondary N) is 1. The molecule has 0 amide bonds. The zero-order chi connectivity index (χ0) is 11.6. The first-order chi connectivity index (χ1) is 7.54. The van der Waals surface area contributed by atoms with Crippen LogP contribution in [0.15, 0.2) is 18.3 Å². The second-order valence-electron chi connectivity index (χ2n) is 3.68. The Balaban J connectivity index is 2.00. The van der Waals surface area contributed by atoms with E-state index in [-0.39, 0.29) is 5.88 Å². The van der Waals surface area contributed by atoms with E-state index in [1.54, 1.807) is 12.1 Å². The molecule has 2 rings (SSSR count). The standard InChI is InChI=1S/C10H11F3N2O/c11-10(12,13)6-16-9-8(2-1-5-14-9)15-7-3-4-7/h1-2,5,7,15H,3-4,6H2. The number of alkyl halides is 3. The molecule has 0 bridgehead atoms. The lowest BCUT2D eigenvalue weighted by Crippen LogP contribution is -2.20. The summed E-state index contributed by atoms with van der Waals surface area (Å²) < 4.78 is 40.6. The molecular formula is C10H11F3N2O. The third kappa shape index (κ3) is 3.29. The normalized spacial score (nSPS) is 15.9. The molecule has 16 heavy (non-hydrogen) atoms. The lowest BCUT2D eigenvalue weighted by molar-refractivity contribution is -0.153. The van der Waals surface area contributed by atoms with Crippen molar-refractivity contribution >= 4 is 5.69 Å². The number of aromatic nitrogens is 1. The molecule has 0 spiro atoms. The van der Waals surface area contributed by atoms with Gasteiger partial charge in [-0.15, -0.1) is 0 Å². The summed E-state index contributed by atoms with van der Waals surface area (Å²) in [7, 11) is 0. The van der Waals surface area contributed by atoms with Gasteiger partial charge in [0, 0.05) is 12.2 Å². The number of rotatable bonds is 4. The van der Waals surface area contributed by atoms with E-state index in [1.165, 1.54) is 6.20 Å². The van der Waals surface area contributed by atoms with Crippen LogP contribution in [0.4, 0.5) is 18.9 Å². The number of anilines is 1. The Bertz CT molecular complexity index is 363. The third-order valence-corrected chi connectivity index (χ3v) is 2.08. The molecule has 0 radical (unpaired) electrons. The highest BCUT2D eigenvalue weighted by Gasteiger charge is 2.29. The van der Waals surface area contributed by atoms with Crippen molar-refractivity contribution in [2.24, 2.45) is 0 Å². The Morgan fingerprint density at radius 2 is 2.19 bits per heavy atom. The van der Waals surface area contributed by atoms with Gasteiger partial charge in [-0.25, -0.2) is 4.98 Å². The first kappa shape index (κ1) is 11.0. The van der Waals surface area contributed by atoms with E-state index in [1.807, 2.05) is 0 Å². The fourth-order valence-corrected chi connectivity index (χ4v) is 1.21. The average Bonchev–Trinajstić information content (AvgIpc) is 2.99. The topological polar surface area (TPSA) is 34.1 Å². The minimum absolute atomic E-state index is 0.00623. The maximum atomic E-state index is 12.0. The molecule has 1 saturated carbocycles. The van der Waals surface area contributed by atoms with Gasteiger partial charge in [0.2, 0.25) is 5.88 Å². The zero-order valence-corrected chi connectivity index (χ0v) is 8.42. The molecular weight excluding hydrogens is 221 g/mol. The fourth-order valence-electron chi connectivity index (χ4n) is 1.21. The molecule has 0 aromatic carbocycles. The van der Waals surface area contributed by atoms with Gasteiger partial charge in [0.15, 0.2) is 6.61 Å². The Morgan fingerprint density at radius 3 is 2.81 bits per heavy atom. The summed E-state index contributed by atoms with van der Waals surface area (Å²) in [5.74, 6) is 0.00623. The predicted molar refractivity (Wildman–Crippen MR) is 52.4 cm³/mol. The molecule has 6 heteroatoms. The number of ether oxygens (including phenoxy) is 1. The Kier molecular flexibility index (Phi) is 2.89. The van der Waals surface area contributed by atoms with E-state index in [0.29, 0.717) is 11.7 Å². The number of hydrogen-bond acceptors (Lipinski definition) is 3. The van der Waals surface area contributed by atoms with Crippen LogP contribution in [-0.4, -0.2) is 23.8 Å². The molecule has 0 atom stereocenters. The highest BCUT2D eigenvalue weighted by Crippen LogP contribution is 2.30. The van der Waals surface area contributed by atoms with Gasteiger partial charge in [-0.05, 0) is 25.0 Å². The minimum Gasteiger partial charge on any atom is -0.467 e. The summed E-state index contributed by atoms with van der Waals surface area (Å²) in [6.07, 6.45) is -0.862. The quantitative estimate of drug-likeness (QED) is 0.866. The first-order valence-electron chi connectivity index (χ1n) is 4.96. The van der Waals surface area contributed by atoms with Crippen molar-refractivity contribution in [1.29, 1.82) is 0 Å². The molecule has 3 nitrogen and oxygen atoms in total. The maximum absolute atomic E-state index is 12.0. The van der Waals surface area contributed by atoms with Gasteiger partial charge in [-0.3, -0.25) is 0 Å². The predicted octanol–water partition coefficient (Wildman–Crippen LogP) is 2.60. The van der Waals surface area contributed by atoms with E-state index < -0.39 is 12.8 Å². The van der Waals surface area contributed by atoms with Crippen LogP contribution in [0.1, 0.15) is 12.8 Å². The van der Waals surface area contributed by atoms with E-state index in [2.05, 4.69) is 15.0 Å². The summed E-state index contributed by atoms with van der Waals surface area (Å²) >= 11 is 0. The van der Waals surface area contributed by atoms with Gasteiger partial charge >= 0.3 is 6.18 Å². The van der Waals surface area contributed by atoms with E-state index >= 15 is 0 Å². The molecule has 1 heterocycles. The van der Waals surface area contributed by atoms with Crippen LogP contribution in [0.2, 0.25) is 0 Å². The molecule has 1 aromatic heterocycles. The summed E-state index contributed by atoms with van der Waals surface area (Å²) in [5, 5.41) is 3.07. The van der Waals surface area contributed by atoms with Crippen molar-refractivity contribution in [3.05, 3.63) is 18.3 Å². The monoisotopic (exact) mass is 232 g/mol. The van der Waals surface area contributed by atoms with Crippen LogP contribution in [0.3, 0.4) is 0 Å². The maximum Gasteiger partial charge on any atom is 0.422 e. The second-order valence-corrected chi connectivity index (χ2v) is 3.68. The van der Waals surface area contributed by atoms with Crippen molar-refractivity contribution in [3.8, 4) is 5.88 Å². The lowest BCUT2D eigenvalue weighted by Gasteiger charge is -2.12. The molecule has 0 aliphatic heterocycles.